The summed E-state index contributed by atoms with van der Waals surface area (Å²) in [5, 5.41) is 11.8. The van der Waals surface area contributed by atoms with Crippen LogP contribution < -0.4 is 4.74 Å². The van der Waals surface area contributed by atoms with Gasteiger partial charge in [-0.15, -0.1) is 10.2 Å². The molecule has 0 N–H and O–H groups in total. The van der Waals surface area contributed by atoms with Crippen LogP contribution in [0, 0.1) is 13.8 Å². The van der Waals surface area contributed by atoms with Crippen LogP contribution in [-0.2, 0) is 0 Å². The van der Waals surface area contributed by atoms with E-state index in [4.69, 9.17) is 14.8 Å². The third-order valence-electron chi connectivity index (χ3n) is 12.2. The third-order valence-corrected chi connectivity index (χ3v) is 12.2. The highest BCUT2D eigenvalue weighted by Crippen LogP contribution is 2.42. The maximum absolute atomic E-state index is 6.79. The fourth-order valence-electron chi connectivity index (χ4n) is 9.25. The molecule has 0 saturated carbocycles. The predicted molar refractivity (Wildman–Crippen MR) is 259 cm³/mol. The lowest BCUT2D eigenvalue weighted by Gasteiger charge is -2.20. The number of nitrogens with zero attached hydrogens (tertiary/aromatic N) is 5. The molecule has 0 aliphatic carbocycles. The summed E-state index contributed by atoms with van der Waals surface area (Å²) in [6.45, 7) is 13.3. The third kappa shape index (κ3) is 7.17. The molecule has 308 valence electrons. The fourth-order valence-corrected chi connectivity index (χ4v) is 9.25. The average molecular weight is 820 g/mol. The summed E-state index contributed by atoms with van der Waals surface area (Å²) < 4.78 is 11.3. The van der Waals surface area contributed by atoms with Crippen LogP contribution in [0.4, 0.5) is 0 Å². The van der Waals surface area contributed by atoms with Crippen molar-refractivity contribution in [1.82, 2.24) is 24.3 Å². The van der Waals surface area contributed by atoms with Crippen molar-refractivity contribution in [2.45, 2.75) is 53.4 Å². The normalized spacial score (nSPS) is 11.6. The van der Waals surface area contributed by atoms with Gasteiger partial charge in [0.2, 0.25) is 0 Å². The van der Waals surface area contributed by atoms with Crippen molar-refractivity contribution >= 4 is 21.8 Å². The Kier molecular flexibility index (Phi) is 10.3. The van der Waals surface area contributed by atoms with Crippen LogP contribution >= 0.6 is 0 Å². The molecule has 0 unspecified atom stereocenters. The Labute approximate surface area is 369 Å². The molecule has 63 heavy (non-hydrogen) atoms. The number of ether oxygens (including phenoxy) is 1. The lowest BCUT2D eigenvalue weighted by atomic mass is 9.85. The van der Waals surface area contributed by atoms with Crippen molar-refractivity contribution in [1.29, 1.82) is 0 Å². The molecule has 0 saturated heterocycles. The van der Waals surface area contributed by atoms with Gasteiger partial charge in [-0.25, -0.2) is 4.98 Å². The molecule has 3 heterocycles. The van der Waals surface area contributed by atoms with Gasteiger partial charge in [0.25, 0.3) is 0 Å². The standard InChI is InChI=1S/C57H49N5O/c1-36(2)46-24-15-25-47(37(3)4)55(46)42-31-32-58-53(34-42)62-51-28-13-17-38(5)54(51)50-30-29-45(35-52(50)62)63-44-23-14-22-43(33-44)57-60-59-39(6)61(57)56-48(40-18-9-7-10-19-40)26-16-27-49(56)41-20-11-8-12-21-41/h7-37H,1-6H3. The van der Waals surface area contributed by atoms with E-state index in [0.717, 1.165) is 73.1 Å². The summed E-state index contributed by atoms with van der Waals surface area (Å²) >= 11 is 0. The Bertz CT molecular complexity index is 3200. The monoisotopic (exact) mass is 819 g/mol. The molecule has 0 bridgehead atoms. The van der Waals surface area contributed by atoms with E-state index in [-0.39, 0.29) is 0 Å². The number of hydrogen-bond donors (Lipinski definition) is 0. The number of aryl methyl sites for hydroxylation is 2. The van der Waals surface area contributed by atoms with Crippen molar-refractivity contribution < 1.29 is 4.74 Å². The van der Waals surface area contributed by atoms with Crippen LogP contribution in [-0.4, -0.2) is 24.3 Å². The largest absolute Gasteiger partial charge is 0.457 e. The minimum absolute atomic E-state index is 0.377. The molecular weight excluding hydrogens is 771 g/mol. The van der Waals surface area contributed by atoms with Crippen LogP contribution in [0.15, 0.2) is 176 Å². The molecule has 0 fully saturated rings. The molecule has 3 aromatic heterocycles. The molecule has 10 rings (SSSR count). The van der Waals surface area contributed by atoms with E-state index in [9.17, 15) is 0 Å². The zero-order chi connectivity index (χ0) is 43.2. The topological polar surface area (TPSA) is 57.8 Å². The quantitative estimate of drug-likeness (QED) is 0.138. The first-order valence-corrected chi connectivity index (χ1v) is 21.8. The Morgan fingerprint density at radius 3 is 1.79 bits per heavy atom. The van der Waals surface area contributed by atoms with Gasteiger partial charge in [0.15, 0.2) is 5.82 Å². The SMILES string of the molecule is Cc1cccc2c1c1ccc(Oc3cccc(-c4nnc(C)n4-c4c(-c5ccccc5)cccc4-c4ccccc4)c3)cc1n2-c1cc(-c2c(C(C)C)cccc2C(C)C)ccn1. The first-order chi connectivity index (χ1) is 30.7. The molecule has 0 amide bonds. The molecule has 0 spiro atoms. The molecule has 0 atom stereocenters. The van der Waals surface area contributed by atoms with Crippen molar-refractivity contribution in [2.24, 2.45) is 0 Å². The number of benzene rings is 7. The lowest BCUT2D eigenvalue weighted by Crippen LogP contribution is -2.05. The average Bonchev–Trinajstić information content (AvgIpc) is 3.86. The molecule has 0 aliphatic rings. The smallest absolute Gasteiger partial charge is 0.168 e. The van der Waals surface area contributed by atoms with E-state index in [2.05, 4.69) is 194 Å². The number of fused-ring (bicyclic) bond motifs is 3. The Hall–Kier alpha value is -7.57. The minimum atomic E-state index is 0.377. The van der Waals surface area contributed by atoms with Crippen LogP contribution in [0.5, 0.6) is 11.5 Å². The van der Waals surface area contributed by atoms with E-state index in [0.29, 0.717) is 17.6 Å². The molecule has 6 heteroatoms. The molecule has 6 nitrogen and oxygen atoms in total. The second-order valence-corrected chi connectivity index (χ2v) is 17.0. The van der Waals surface area contributed by atoms with Gasteiger partial charge in [0.05, 0.1) is 16.7 Å². The zero-order valence-corrected chi connectivity index (χ0v) is 36.5. The van der Waals surface area contributed by atoms with Gasteiger partial charge >= 0.3 is 0 Å². The van der Waals surface area contributed by atoms with Crippen molar-refractivity contribution in [2.75, 3.05) is 0 Å². The fraction of sp³-hybridized carbons (Fsp3) is 0.140. The minimum Gasteiger partial charge on any atom is -0.457 e. The van der Waals surface area contributed by atoms with Gasteiger partial charge in [-0.1, -0.05) is 149 Å². The summed E-state index contributed by atoms with van der Waals surface area (Å²) in [4.78, 5) is 5.04. The number of aromatic nitrogens is 5. The van der Waals surface area contributed by atoms with Crippen LogP contribution in [0.1, 0.15) is 62.0 Å². The molecule has 10 aromatic rings. The van der Waals surface area contributed by atoms with E-state index < -0.39 is 0 Å². The van der Waals surface area contributed by atoms with Gasteiger partial charge in [0, 0.05) is 39.7 Å². The van der Waals surface area contributed by atoms with Crippen LogP contribution in [0.3, 0.4) is 0 Å². The second-order valence-electron chi connectivity index (χ2n) is 17.0. The van der Waals surface area contributed by atoms with Crippen molar-refractivity contribution in [3.05, 3.63) is 199 Å². The van der Waals surface area contributed by atoms with E-state index in [1.165, 1.54) is 33.2 Å². The van der Waals surface area contributed by atoms with Crippen molar-refractivity contribution in [3.8, 4) is 67.8 Å². The second kappa shape index (κ2) is 16.4. The lowest BCUT2D eigenvalue weighted by molar-refractivity contribution is 0.483. The molecule has 7 aromatic carbocycles. The summed E-state index contributed by atoms with van der Waals surface area (Å²) in [5.41, 5.74) is 14.9. The summed E-state index contributed by atoms with van der Waals surface area (Å²) in [6.07, 6.45) is 1.95. The summed E-state index contributed by atoms with van der Waals surface area (Å²) in [7, 11) is 0. The molecule has 0 aliphatic heterocycles. The Balaban J connectivity index is 1.08. The number of rotatable bonds is 10. The Morgan fingerprint density at radius 2 is 1.11 bits per heavy atom. The highest BCUT2D eigenvalue weighted by Gasteiger charge is 2.23. The van der Waals surface area contributed by atoms with Gasteiger partial charge in [-0.3, -0.25) is 9.13 Å². The van der Waals surface area contributed by atoms with Crippen LogP contribution in [0.25, 0.3) is 78.1 Å². The predicted octanol–water partition coefficient (Wildman–Crippen LogP) is 15.1. The first-order valence-electron chi connectivity index (χ1n) is 21.8. The van der Waals surface area contributed by atoms with Crippen molar-refractivity contribution in [3.63, 3.8) is 0 Å². The zero-order valence-electron chi connectivity index (χ0n) is 36.5. The number of hydrogen-bond acceptors (Lipinski definition) is 4. The maximum atomic E-state index is 6.79. The maximum Gasteiger partial charge on any atom is 0.168 e. The van der Waals surface area contributed by atoms with Gasteiger partial charge in [-0.05, 0) is 107 Å². The van der Waals surface area contributed by atoms with Crippen LogP contribution in [0.2, 0.25) is 0 Å². The number of pyridine rings is 1. The van der Waals surface area contributed by atoms with E-state index in [1.54, 1.807) is 0 Å². The van der Waals surface area contributed by atoms with Gasteiger partial charge < -0.3 is 4.74 Å². The highest BCUT2D eigenvalue weighted by molar-refractivity contribution is 6.11. The Morgan fingerprint density at radius 1 is 0.492 bits per heavy atom. The van der Waals surface area contributed by atoms with Gasteiger partial charge in [0.1, 0.15) is 23.1 Å². The number of para-hydroxylation sites is 1. The first kappa shape index (κ1) is 39.6. The highest BCUT2D eigenvalue weighted by atomic mass is 16.5. The van der Waals surface area contributed by atoms with Gasteiger partial charge in [-0.2, -0.15) is 0 Å². The molecular formula is C57H49N5O. The summed E-state index contributed by atoms with van der Waals surface area (Å²) in [6, 6.07) is 59.7. The summed E-state index contributed by atoms with van der Waals surface area (Å²) in [5.74, 6) is 4.56. The van der Waals surface area contributed by atoms with E-state index in [1.807, 2.05) is 37.4 Å². The van der Waals surface area contributed by atoms with E-state index >= 15 is 0 Å². The molecule has 0 radical (unpaired) electrons.